The van der Waals surface area contributed by atoms with Crippen molar-refractivity contribution in [2.75, 3.05) is 5.75 Å². The Morgan fingerprint density at radius 2 is 1.77 bits per heavy atom. The third-order valence-corrected chi connectivity index (χ3v) is 6.34. The molecule has 1 N–H and O–H groups in total. The van der Waals surface area contributed by atoms with Crippen molar-refractivity contribution in [2.24, 2.45) is 0 Å². The zero-order valence-corrected chi connectivity index (χ0v) is 17.8. The molecule has 2 aromatic carbocycles. The van der Waals surface area contributed by atoms with Crippen molar-refractivity contribution in [3.8, 4) is 0 Å². The highest BCUT2D eigenvalue weighted by atomic mass is 32.2. The molecule has 0 radical (unpaired) electrons. The molecule has 1 unspecified atom stereocenters. The highest BCUT2D eigenvalue weighted by Crippen LogP contribution is 2.32. The van der Waals surface area contributed by atoms with Crippen molar-refractivity contribution < 1.29 is 4.79 Å². The number of aromatic nitrogens is 2. The van der Waals surface area contributed by atoms with Crippen molar-refractivity contribution in [3.05, 3.63) is 93.9 Å². The number of carbonyl (C=O) groups excluding carboxylic acids is 1. The van der Waals surface area contributed by atoms with Gasteiger partial charge in [0.15, 0.2) is 5.16 Å². The maximum Gasteiger partial charge on any atom is 0.254 e. The van der Waals surface area contributed by atoms with E-state index in [2.05, 4.69) is 17.2 Å². The predicted octanol–water partition coefficient (Wildman–Crippen LogP) is 4.14. The van der Waals surface area contributed by atoms with Gasteiger partial charge in [-0.2, -0.15) is 0 Å². The Morgan fingerprint density at radius 3 is 2.37 bits per heavy atom. The second-order valence-electron chi connectivity index (χ2n) is 7.48. The topological polar surface area (TPSA) is 64.0 Å². The van der Waals surface area contributed by atoms with E-state index in [9.17, 15) is 9.59 Å². The van der Waals surface area contributed by atoms with Crippen molar-refractivity contribution in [1.29, 1.82) is 0 Å². The summed E-state index contributed by atoms with van der Waals surface area (Å²) in [5, 5.41) is 3.90. The van der Waals surface area contributed by atoms with E-state index in [4.69, 9.17) is 0 Å². The molecular formula is C24H25N3O2S. The van der Waals surface area contributed by atoms with Gasteiger partial charge in [0, 0.05) is 23.9 Å². The summed E-state index contributed by atoms with van der Waals surface area (Å²) in [6.45, 7) is 2.07. The van der Waals surface area contributed by atoms with E-state index in [1.54, 1.807) is 22.4 Å². The number of thioether (sulfide) groups is 1. The van der Waals surface area contributed by atoms with Gasteiger partial charge in [-0.1, -0.05) is 85.8 Å². The third kappa shape index (κ3) is 4.49. The van der Waals surface area contributed by atoms with Crippen molar-refractivity contribution >= 4 is 17.7 Å². The monoisotopic (exact) mass is 419 g/mol. The van der Waals surface area contributed by atoms with Gasteiger partial charge in [0.1, 0.15) is 0 Å². The van der Waals surface area contributed by atoms with Crippen LogP contribution in [-0.4, -0.2) is 21.2 Å². The van der Waals surface area contributed by atoms with Crippen LogP contribution in [0.4, 0.5) is 0 Å². The zero-order chi connectivity index (χ0) is 20.9. The Bertz CT molecular complexity index is 1030. The fourth-order valence-corrected chi connectivity index (χ4v) is 4.99. The normalized spacial score (nSPS) is 15.2. The van der Waals surface area contributed by atoms with E-state index in [1.807, 2.05) is 60.7 Å². The smallest absolute Gasteiger partial charge is 0.254 e. The zero-order valence-electron chi connectivity index (χ0n) is 17.0. The van der Waals surface area contributed by atoms with E-state index in [-0.39, 0.29) is 30.0 Å². The molecule has 0 spiro atoms. The summed E-state index contributed by atoms with van der Waals surface area (Å²) in [5.41, 5.74) is 2.83. The minimum absolute atomic E-state index is 0.0612. The molecule has 0 saturated carbocycles. The molecular weight excluding hydrogens is 394 g/mol. The number of nitrogens with zero attached hydrogens (tertiary/aromatic N) is 2. The highest BCUT2D eigenvalue weighted by molar-refractivity contribution is 7.99. The van der Waals surface area contributed by atoms with Crippen LogP contribution in [0.3, 0.4) is 0 Å². The van der Waals surface area contributed by atoms with Crippen molar-refractivity contribution in [2.45, 2.75) is 43.4 Å². The molecule has 30 heavy (non-hydrogen) atoms. The van der Waals surface area contributed by atoms with E-state index < -0.39 is 0 Å². The van der Waals surface area contributed by atoms with Gasteiger partial charge < -0.3 is 5.32 Å². The van der Waals surface area contributed by atoms with Gasteiger partial charge >= 0.3 is 0 Å². The lowest BCUT2D eigenvalue weighted by molar-refractivity contribution is -0.122. The molecule has 6 heteroatoms. The first-order chi connectivity index (χ1) is 14.7. The second kappa shape index (κ2) is 9.30. The van der Waals surface area contributed by atoms with Gasteiger partial charge in [0.05, 0.1) is 12.1 Å². The summed E-state index contributed by atoms with van der Waals surface area (Å²) in [6.07, 6.45) is 2.00. The standard InChI is InChI=1S/C24H25N3O2S/c1-2-9-19-14-22(29)27-20(16-30-24(27)25-19)15-21(28)26-23(17-10-5-3-6-11-17)18-12-7-4-8-13-18/h3-8,10-14,20,23H,2,9,15-16H2,1H3,(H,26,28). The van der Waals surface area contributed by atoms with E-state index in [0.29, 0.717) is 5.75 Å². The lowest BCUT2D eigenvalue weighted by Crippen LogP contribution is -2.33. The number of aryl methyl sites for hydroxylation is 1. The van der Waals surface area contributed by atoms with E-state index in [1.165, 1.54) is 0 Å². The molecule has 2 heterocycles. The number of carbonyl (C=O) groups is 1. The van der Waals surface area contributed by atoms with Gasteiger partial charge in [-0.15, -0.1) is 0 Å². The first-order valence-electron chi connectivity index (χ1n) is 10.3. The van der Waals surface area contributed by atoms with E-state index >= 15 is 0 Å². The molecule has 3 aromatic rings. The predicted molar refractivity (Wildman–Crippen MR) is 120 cm³/mol. The Kier molecular flexibility index (Phi) is 6.33. The molecule has 0 bridgehead atoms. The fraction of sp³-hybridized carbons (Fsp3) is 0.292. The number of fused-ring (bicyclic) bond motifs is 1. The van der Waals surface area contributed by atoms with Crippen molar-refractivity contribution in [3.63, 3.8) is 0 Å². The summed E-state index contributed by atoms with van der Waals surface area (Å²) in [6, 6.07) is 21.1. The van der Waals surface area contributed by atoms with Crippen LogP contribution in [0.2, 0.25) is 0 Å². The largest absolute Gasteiger partial charge is 0.345 e. The lowest BCUT2D eigenvalue weighted by atomic mass is 9.98. The summed E-state index contributed by atoms with van der Waals surface area (Å²) in [5.74, 6) is 0.614. The Hall–Kier alpha value is -2.86. The number of hydrogen-bond acceptors (Lipinski definition) is 4. The fourth-order valence-electron chi connectivity index (χ4n) is 3.82. The number of benzene rings is 2. The first-order valence-corrected chi connectivity index (χ1v) is 11.3. The molecule has 0 aliphatic carbocycles. The summed E-state index contributed by atoms with van der Waals surface area (Å²) < 4.78 is 1.68. The van der Waals surface area contributed by atoms with Crippen LogP contribution in [0.5, 0.6) is 0 Å². The van der Waals surface area contributed by atoms with Crippen LogP contribution in [0.25, 0.3) is 0 Å². The minimum atomic E-state index is -0.227. The SMILES string of the molecule is CCCc1cc(=O)n2c(n1)SCC2CC(=O)NC(c1ccccc1)c1ccccc1. The molecule has 1 atom stereocenters. The number of amides is 1. The van der Waals surface area contributed by atoms with Crippen molar-refractivity contribution in [1.82, 2.24) is 14.9 Å². The molecule has 154 valence electrons. The van der Waals surface area contributed by atoms with E-state index in [0.717, 1.165) is 34.8 Å². The third-order valence-electron chi connectivity index (χ3n) is 5.24. The number of rotatable bonds is 7. The molecule has 1 aliphatic heterocycles. The molecule has 0 fully saturated rings. The summed E-state index contributed by atoms with van der Waals surface area (Å²) in [7, 11) is 0. The molecule has 1 amide bonds. The molecule has 1 aliphatic rings. The second-order valence-corrected chi connectivity index (χ2v) is 8.47. The first kappa shape index (κ1) is 20.4. The van der Waals surface area contributed by atoms with Crippen LogP contribution < -0.4 is 10.9 Å². The van der Waals surface area contributed by atoms with Crippen LogP contribution in [0.1, 0.15) is 48.7 Å². The number of hydrogen-bond donors (Lipinski definition) is 1. The number of nitrogens with one attached hydrogen (secondary N) is 1. The Morgan fingerprint density at radius 1 is 1.13 bits per heavy atom. The molecule has 4 rings (SSSR count). The van der Waals surface area contributed by atoms with Crippen LogP contribution >= 0.6 is 11.8 Å². The van der Waals surface area contributed by atoms with Gasteiger partial charge in [-0.25, -0.2) is 4.98 Å². The minimum Gasteiger partial charge on any atom is -0.345 e. The Labute approximate surface area is 180 Å². The van der Waals surface area contributed by atoms with Gasteiger partial charge in [-0.05, 0) is 17.5 Å². The molecule has 0 saturated heterocycles. The Balaban J connectivity index is 1.53. The average molecular weight is 420 g/mol. The van der Waals surface area contributed by atoms with Crippen LogP contribution in [0.15, 0.2) is 76.7 Å². The van der Waals surface area contributed by atoms with Gasteiger partial charge in [-0.3, -0.25) is 14.2 Å². The summed E-state index contributed by atoms with van der Waals surface area (Å²) >= 11 is 1.56. The summed E-state index contributed by atoms with van der Waals surface area (Å²) in [4.78, 5) is 30.2. The van der Waals surface area contributed by atoms with Crippen LogP contribution in [-0.2, 0) is 11.2 Å². The average Bonchev–Trinajstić information content (AvgIpc) is 3.16. The molecule has 5 nitrogen and oxygen atoms in total. The highest BCUT2D eigenvalue weighted by Gasteiger charge is 2.28. The van der Waals surface area contributed by atoms with Gasteiger partial charge in [0.25, 0.3) is 5.56 Å². The maximum absolute atomic E-state index is 13.0. The molecule has 1 aromatic heterocycles. The quantitative estimate of drug-likeness (QED) is 0.585. The lowest BCUT2D eigenvalue weighted by Gasteiger charge is -2.21. The maximum atomic E-state index is 13.0. The van der Waals surface area contributed by atoms with Crippen LogP contribution in [0, 0.1) is 0 Å². The van der Waals surface area contributed by atoms with Gasteiger partial charge in [0.2, 0.25) is 5.91 Å².